The first-order chi connectivity index (χ1) is 7.13. The number of hydrogen-bond acceptors (Lipinski definition) is 4. The van der Waals surface area contributed by atoms with Crippen LogP contribution in [0, 0.1) is 0 Å². The van der Waals surface area contributed by atoms with Crippen LogP contribution in [-0.2, 0) is 0 Å². The van der Waals surface area contributed by atoms with Crippen LogP contribution in [-0.4, -0.2) is 19.3 Å². The summed E-state index contributed by atoms with van der Waals surface area (Å²) in [6.07, 6.45) is 0.775. The van der Waals surface area contributed by atoms with E-state index in [-0.39, 0.29) is 24.2 Å². The average Bonchev–Trinajstić information content (AvgIpc) is 2.26. The molecular weight excluding hydrogens is 230 g/mol. The summed E-state index contributed by atoms with van der Waals surface area (Å²) in [5.41, 5.74) is 6.75. The highest BCUT2D eigenvalue weighted by Gasteiger charge is 2.17. The molecule has 0 fully saturated rings. The molecule has 0 radical (unpaired) electrons. The Kier molecular flexibility index (Phi) is 6.00. The molecule has 1 rings (SSSR count). The van der Waals surface area contributed by atoms with Crippen molar-refractivity contribution in [3.63, 3.8) is 0 Å². The van der Waals surface area contributed by atoms with Gasteiger partial charge in [0.1, 0.15) is 17.2 Å². The van der Waals surface area contributed by atoms with E-state index in [2.05, 4.69) is 0 Å². The van der Waals surface area contributed by atoms with Gasteiger partial charge in [-0.3, -0.25) is 0 Å². The van der Waals surface area contributed by atoms with Crippen LogP contribution in [0.2, 0.25) is 0 Å². The number of aromatic hydroxyl groups is 1. The summed E-state index contributed by atoms with van der Waals surface area (Å²) in [6.45, 7) is 1.98. The van der Waals surface area contributed by atoms with Crippen molar-refractivity contribution in [3.05, 3.63) is 17.7 Å². The number of hydrogen-bond donors (Lipinski definition) is 2. The molecule has 92 valence electrons. The summed E-state index contributed by atoms with van der Waals surface area (Å²) in [5, 5.41) is 9.43. The Morgan fingerprint density at radius 2 is 1.69 bits per heavy atom. The number of benzene rings is 1. The smallest absolute Gasteiger partial charge is 0.131 e. The SMILES string of the molecule is CC[C@@H](N)c1c(OC)cc(O)cc1OC.Cl. The molecule has 0 aliphatic rings. The number of rotatable bonds is 4. The highest BCUT2D eigenvalue weighted by molar-refractivity contribution is 5.85. The van der Waals surface area contributed by atoms with Crippen molar-refractivity contribution in [1.29, 1.82) is 0 Å². The van der Waals surface area contributed by atoms with Gasteiger partial charge in [0.2, 0.25) is 0 Å². The summed E-state index contributed by atoms with van der Waals surface area (Å²) in [7, 11) is 3.08. The maximum Gasteiger partial charge on any atom is 0.131 e. The van der Waals surface area contributed by atoms with Gasteiger partial charge in [0, 0.05) is 18.2 Å². The Bertz CT molecular complexity index is 319. The highest BCUT2D eigenvalue weighted by Crippen LogP contribution is 2.37. The van der Waals surface area contributed by atoms with Crippen LogP contribution in [0.25, 0.3) is 0 Å². The van der Waals surface area contributed by atoms with Crippen molar-refractivity contribution in [1.82, 2.24) is 0 Å². The minimum Gasteiger partial charge on any atom is -0.508 e. The first-order valence-electron chi connectivity index (χ1n) is 4.84. The average molecular weight is 248 g/mol. The largest absolute Gasteiger partial charge is 0.508 e. The fraction of sp³-hybridized carbons (Fsp3) is 0.455. The van der Waals surface area contributed by atoms with Gasteiger partial charge in [0.05, 0.1) is 19.8 Å². The van der Waals surface area contributed by atoms with Gasteiger partial charge in [-0.15, -0.1) is 12.4 Å². The van der Waals surface area contributed by atoms with E-state index in [4.69, 9.17) is 15.2 Å². The van der Waals surface area contributed by atoms with Gasteiger partial charge in [-0.05, 0) is 6.42 Å². The van der Waals surface area contributed by atoms with Gasteiger partial charge < -0.3 is 20.3 Å². The maximum absolute atomic E-state index is 9.43. The second-order valence-electron chi connectivity index (χ2n) is 3.28. The molecule has 0 heterocycles. The van der Waals surface area contributed by atoms with Crippen LogP contribution in [0.15, 0.2) is 12.1 Å². The number of phenols is 1. The van der Waals surface area contributed by atoms with Crippen molar-refractivity contribution in [3.8, 4) is 17.2 Å². The van der Waals surface area contributed by atoms with Gasteiger partial charge in [-0.1, -0.05) is 6.92 Å². The van der Waals surface area contributed by atoms with Crippen molar-refractivity contribution >= 4 is 12.4 Å². The van der Waals surface area contributed by atoms with Gasteiger partial charge in [0.25, 0.3) is 0 Å². The van der Waals surface area contributed by atoms with E-state index >= 15 is 0 Å². The lowest BCUT2D eigenvalue weighted by Crippen LogP contribution is -2.11. The van der Waals surface area contributed by atoms with E-state index in [9.17, 15) is 5.11 Å². The lowest BCUT2D eigenvalue weighted by atomic mass is 10.0. The van der Waals surface area contributed by atoms with E-state index in [1.807, 2.05) is 6.92 Å². The van der Waals surface area contributed by atoms with Crippen LogP contribution >= 0.6 is 12.4 Å². The molecule has 1 atom stereocenters. The summed E-state index contributed by atoms with van der Waals surface area (Å²) in [5.74, 6) is 1.22. The molecule has 16 heavy (non-hydrogen) atoms. The van der Waals surface area contributed by atoms with Crippen molar-refractivity contribution in [2.75, 3.05) is 14.2 Å². The van der Waals surface area contributed by atoms with Crippen LogP contribution < -0.4 is 15.2 Å². The second-order valence-corrected chi connectivity index (χ2v) is 3.28. The van der Waals surface area contributed by atoms with Gasteiger partial charge in [-0.2, -0.15) is 0 Å². The summed E-state index contributed by atoms with van der Waals surface area (Å²) in [4.78, 5) is 0. The minimum atomic E-state index is -0.157. The summed E-state index contributed by atoms with van der Waals surface area (Å²) < 4.78 is 10.3. The molecule has 0 spiro atoms. The first-order valence-corrected chi connectivity index (χ1v) is 4.84. The Labute approximate surface area is 102 Å². The van der Waals surface area contributed by atoms with E-state index in [0.717, 1.165) is 12.0 Å². The molecule has 0 amide bonds. The number of halogens is 1. The molecule has 4 nitrogen and oxygen atoms in total. The summed E-state index contributed by atoms with van der Waals surface area (Å²) >= 11 is 0. The topological polar surface area (TPSA) is 64.7 Å². The molecule has 0 aromatic heterocycles. The molecule has 3 N–H and O–H groups in total. The molecule has 0 unspecified atom stereocenters. The standard InChI is InChI=1S/C11H17NO3.ClH/c1-4-8(12)11-9(14-2)5-7(13)6-10(11)15-3;/h5-6,8,13H,4,12H2,1-3H3;1H/t8-;/m1./s1. The molecule has 0 bridgehead atoms. The zero-order chi connectivity index (χ0) is 11.4. The summed E-state index contributed by atoms with van der Waals surface area (Å²) in [6, 6.07) is 2.91. The molecule has 1 aromatic rings. The number of phenolic OH excluding ortho intramolecular Hbond substituents is 1. The third-order valence-corrected chi connectivity index (χ3v) is 2.34. The Hall–Kier alpha value is -1.13. The van der Waals surface area contributed by atoms with E-state index in [0.29, 0.717) is 11.5 Å². The van der Waals surface area contributed by atoms with Crippen LogP contribution in [0.1, 0.15) is 24.9 Å². The maximum atomic E-state index is 9.43. The van der Waals surface area contributed by atoms with Gasteiger partial charge in [-0.25, -0.2) is 0 Å². The third kappa shape index (κ3) is 2.93. The number of ether oxygens (including phenoxy) is 2. The normalized spacial score (nSPS) is 11.5. The predicted molar refractivity (Wildman–Crippen MR) is 65.7 cm³/mol. The zero-order valence-electron chi connectivity index (χ0n) is 9.69. The van der Waals surface area contributed by atoms with Crippen molar-refractivity contribution < 1.29 is 14.6 Å². The van der Waals surface area contributed by atoms with Crippen LogP contribution in [0.4, 0.5) is 0 Å². The molecule has 5 heteroatoms. The van der Waals surface area contributed by atoms with Gasteiger partial charge in [0.15, 0.2) is 0 Å². The van der Waals surface area contributed by atoms with E-state index in [1.54, 1.807) is 14.2 Å². The Balaban J connectivity index is 0.00000225. The fourth-order valence-electron chi connectivity index (χ4n) is 1.49. The molecular formula is C11H18ClNO3. The quantitative estimate of drug-likeness (QED) is 0.857. The molecule has 0 aliphatic carbocycles. The van der Waals surface area contributed by atoms with Crippen molar-refractivity contribution in [2.45, 2.75) is 19.4 Å². The predicted octanol–water partition coefficient (Wildman–Crippen LogP) is 2.24. The monoisotopic (exact) mass is 247 g/mol. The Morgan fingerprint density at radius 3 is 2.00 bits per heavy atom. The lowest BCUT2D eigenvalue weighted by molar-refractivity contribution is 0.370. The zero-order valence-corrected chi connectivity index (χ0v) is 10.5. The molecule has 0 saturated carbocycles. The first kappa shape index (κ1) is 14.9. The van der Waals surface area contributed by atoms with Gasteiger partial charge >= 0.3 is 0 Å². The van der Waals surface area contributed by atoms with E-state index < -0.39 is 0 Å². The minimum absolute atomic E-state index is 0. The van der Waals surface area contributed by atoms with E-state index in [1.165, 1.54) is 12.1 Å². The lowest BCUT2D eigenvalue weighted by Gasteiger charge is -2.18. The molecule has 0 aliphatic heterocycles. The number of methoxy groups -OCH3 is 2. The third-order valence-electron chi connectivity index (χ3n) is 2.34. The molecule has 1 aromatic carbocycles. The highest BCUT2D eigenvalue weighted by atomic mass is 35.5. The second kappa shape index (κ2) is 6.45. The molecule has 0 saturated heterocycles. The van der Waals surface area contributed by atoms with Crippen molar-refractivity contribution in [2.24, 2.45) is 5.73 Å². The number of nitrogens with two attached hydrogens (primary N) is 1. The van der Waals surface area contributed by atoms with Crippen LogP contribution in [0.5, 0.6) is 17.2 Å². The Morgan fingerprint density at radius 1 is 1.25 bits per heavy atom. The van der Waals surface area contributed by atoms with Crippen LogP contribution in [0.3, 0.4) is 0 Å². The fourth-order valence-corrected chi connectivity index (χ4v) is 1.49.